The Labute approximate surface area is 179 Å². The van der Waals surface area contributed by atoms with E-state index in [1.807, 2.05) is 36.4 Å². The number of hydrogen-bond donors (Lipinski definition) is 1. The van der Waals surface area contributed by atoms with Crippen molar-refractivity contribution in [3.63, 3.8) is 0 Å². The van der Waals surface area contributed by atoms with Crippen LogP contribution in [0.5, 0.6) is 5.75 Å². The Morgan fingerprint density at radius 3 is 2.67 bits per heavy atom. The molecule has 27 heavy (non-hydrogen) atoms. The zero-order valence-corrected chi connectivity index (χ0v) is 17.6. The number of nitrogens with zero attached hydrogens (tertiary/aromatic N) is 3. The zero-order chi connectivity index (χ0) is 18.1. The second-order valence-electron chi connectivity index (χ2n) is 5.45. The third kappa shape index (κ3) is 3.61. The van der Waals surface area contributed by atoms with Gasteiger partial charge in [-0.05, 0) is 29.8 Å². The maximum absolute atomic E-state index is 12.8. The molecular formula is C18H14N4NaO3S+. The van der Waals surface area contributed by atoms with Gasteiger partial charge in [0.15, 0.2) is 5.65 Å². The average molecular weight is 389 g/mol. The van der Waals surface area contributed by atoms with Crippen LogP contribution in [0.15, 0.2) is 75.6 Å². The summed E-state index contributed by atoms with van der Waals surface area (Å²) in [5.74, 6) is 0.494. The average Bonchev–Trinajstić information content (AvgIpc) is 3.13. The van der Waals surface area contributed by atoms with Gasteiger partial charge in [-0.1, -0.05) is 24.3 Å². The molecule has 130 valence electrons. The molecule has 1 atom stereocenters. The minimum absolute atomic E-state index is 0. The molecule has 0 fully saturated rings. The molecular weight excluding hydrogens is 375 g/mol. The number of rotatable bonds is 4. The molecule has 2 aromatic heterocycles. The summed E-state index contributed by atoms with van der Waals surface area (Å²) in [5, 5.41) is 4.06. The van der Waals surface area contributed by atoms with E-state index >= 15 is 0 Å². The van der Waals surface area contributed by atoms with E-state index in [0.717, 1.165) is 5.56 Å². The summed E-state index contributed by atoms with van der Waals surface area (Å²) >= 11 is 0. The van der Waals surface area contributed by atoms with Gasteiger partial charge in [0.2, 0.25) is 0 Å². The van der Waals surface area contributed by atoms with E-state index in [1.54, 1.807) is 18.3 Å². The van der Waals surface area contributed by atoms with Gasteiger partial charge in [-0.15, -0.1) is 0 Å². The number of aromatic nitrogens is 4. The van der Waals surface area contributed by atoms with Gasteiger partial charge in [0.1, 0.15) is 5.75 Å². The number of H-pyrrole nitrogens is 1. The van der Waals surface area contributed by atoms with Crippen molar-refractivity contribution in [1.82, 2.24) is 19.6 Å². The van der Waals surface area contributed by atoms with Gasteiger partial charge >= 0.3 is 35.2 Å². The standard InChI is InChI=1S/C18H14N4O3S.Na/c1-25-15-9-12(14-10-21-22-17(14)19-11-20-18(22)23)7-8-16(15)26(24)13-5-3-2-4-6-13;/h2-11H,1H3,(H,19,20,23);/q;+1. The predicted octanol–water partition coefficient (Wildman–Crippen LogP) is -0.736. The minimum atomic E-state index is -1.36. The van der Waals surface area contributed by atoms with Crippen molar-refractivity contribution in [2.24, 2.45) is 0 Å². The van der Waals surface area contributed by atoms with Crippen molar-refractivity contribution in [3.05, 3.63) is 71.5 Å². The first kappa shape index (κ1) is 19.5. The molecule has 1 N–H and O–H groups in total. The van der Waals surface area contributed by atoms with Crippen molar-refractivity contribution in [2.75, 3.05) is 7.11 Å². The molecule has 0 aliphatic carbocycles. The first-order chi connectivity index (χ1) is 12.7. The number of aromatic amines is 1. The van der Waals surface area contributed by atoms with Crippen LogP contribution in [0.2, 0.25) is 0 Å². The molecule has 7 nitrogen and oxygen atoms in total. The predicted molar refractivity (Wildman–Crippen MR) is 96.7 cm³/mol. The third-order valence-electron chi connectivity index (χ3n) is 3.94. The van der Waals surface area contributed by atoms with E-state index < -0.39 is 10.8 Å². The van der Waals surface area contributed by atoms with Crippen LogP contribution >= 0.6 is 0 Å². The first-order valence-corrected chi connectivity index (χ1v) is 8.90. The maximum Gasteiger partial charge on any atom is 1.00 e. The van der Waals surface area contributed by atoms with Crippen LogP contribution in [-0.2, 0) is 10.8 Å². The fraction of sp³-hybridized carbons (Fsp3) is 0.0556. The van der Waals surface area contributed by atoms with Crippen molar-refractivity contribution in [2.45, 2.75) is 9.79 Å². The number of benzene rings is 2. The van der Waals surface area contributed by atoms with Crippen molar-refractivity contribution in [1.29, 1.82) is 0 Å². The van der Waals surface area contributed by atoms with Crippen LogP contribution in [0.4, 0.5) is 0 Å². The molecule has 0 aliphatic heterocycles. The second-order valence-corrected chi connectivity index (χ2v) is 6.90. The van der Waals surface area contributed by atoms with E-state index in [4.69, 9.17) is 4.74 Å². The van der Waals surface area contributed by atoms with E-state index in [9.17, 15) is 9.00 Å². The quantitative estimate of drug-likeness (QED) is 0.465. The van der Waals surface area contributed by atoms with Crippen LogP contribution in [0, 0.1) is 0 Å². The van der Waals surface area contributed by atoms with Crippen LogP contribution in [0.25, 0.3) is 16.8 Å². The number of nitrogens with one attached hydrogen (secondary N) is 1. The summed E-state index contributed by atoms with van der Waals surface area (Å²) in [6.07, 6.45) is 2.90. The third-order valence-corrected chi connectivity index (χ3v) is 5.38. The molecule has 0 bridgehead atoms. The fourth-order valence-electron chi connectivity index (χ4n) is 2.69. The van der Waals surface area contributed by atoms with E-state index in [1.165, 1.54) is 18.0 Å². The van der Waals surface area contributed by atoms with Crippen LogP contribution < -0.4 is 40.0 Å². The Bertz CT molecular complexity index is 1170. The number of ether oxygens (including phenoxy) is 1. The first-order valence-electron chi connectivity index (χ1n) is 7.75. The Morgan fingerprint density at radius 2 is 1.93 bits per heavy atom. The largest absolute Gasteiger partial charge is 1.00 e. The Hall–Kier alpha value is -2.26. The van der Waals surface area contributed by atoms with Gasteiger partial charge in [0, 0.05) is 10.5 Å². The normalized spacial score (nSPS) is 11.7. The van der Waals surface area contributed by atoms with Crippen LogP contribution in [0.1, 0.15) is 0 Å². The SMILES string of the molecule is COc1cc(-c2cnn3c(=O)[nH]cnc23)ccc1S(=O)c1ccccc1.[Na+]. The minimum Gasteiger partial charge on any atom is -0.495 e. The molecule has 0 saturated carbocycles. The Morgan fingerprint density at radius 1 is 1.15 bits per heavy atom. The van der Waals surface area contributed by atoms with Crippen molar-refractivity contribution in [3.8, 4) is 16.9 Å². The molecule has 0 saturated heterocycles. The summed E-state index contributed by atoms with van der Waals surface area (Å²) in [4.78, 5) is 19.7. The molecule has 0 amide bonds. The molecule has 4 rings (SSSR count). The number of methoxy groups -OCH3 is 1. The van der Waals surface area contributed by atoms with Crippen LogP contribution in [0.3, 0.4) is 0 Å². The summed E-state index contributed by atoms with van der Waals surface area (Å²) in [6.45, 7) is 0. The van der Waals surface area contributed by atoms with Crippen molar-refractivity contribution >= 4 is 16.4 Å². The van der Waals surface area contributed by atoms with Crippen LogP contribution in [-0.4, -0.2) is 30.9 Å². The zero-order valence-electron chi connectivity index (χ0n) is 14.7. The fourth-order valence-corrected chi connectivity index (χ4v) is 3.86. The molecule has 9 heteroatoms. The van der Waals surface area contributed by atoms with Gasteiger partial charge in [-0.3, -0.25) is 4.98 Å². The smallest absolute Gasteiger partial charge is 0.495 e. The van der Waals surface area contributed by atoms with Gasteiger partial charge in [-0.25, -0.2) is 14.0 Å². The summed E-state index contributed by atoms with van der Waals surface area (Å²) in [5.41, 5.74) is 1.53. The number of hydrogen-bond acceptors (Lipinski definition) is 5. The Balaban J connectivity index is 0.00000210. The molecule has 0 spiro atoms. The number of fused-ring (bicyclic) bond motifs is 1. The summed E-state index contributed by atoms with van der Waals surface area (Å²) in [7, 11) is 0.171. The summed E-state index contributed by atoms with van der Waals surface area (Å²) in [6, 6.07) is 14.5. The second kappa shape index (κ2) is 8.18. The molecule has 0 radical (unpaired) electrons. The van der Waals surface area contributed by atoms with E-state index in [2.05, 4.69) is 15.1 Å². The molecule has 0 aliphatic rings. The molecule has 2 heterocycles. The topological polar surface area (TPSA) is 89.3 Å². The van der Waals surface area contributed by atoms with Gasteiger partial charge in [-0.2, -0.15) is 9.61 Å². The van der Waals surface area contributed by atoms with E-state index in [-0.39, 0.29) is 35.2 Å². The molecule has 4 aromatic rings. The summed E-state index contributed by atoms with van der Waals surface area (Å²) < 4.78 is 19.5. The van der Waals surface area contributed by atoms with Gasteiger partial charge < -0.3 is 4.74 Å². The molecule has 2 aromatic carbocycles. The van der Waals surface area contributed by atoms with Gasteiger partial charge in [0.05, 0.1) is 35.3 Å². The van der Waals surface area contributed by atoms with Gasteiger partial charge in [0.25, 0.3) is 0 Å². The molecule has 1 unspecified atom stereocenters. The van der Waals surface area contributed by atoms with E-state index in [0.29, 0.717) is 26.8 Å². The Kier molecular flexibility index (Phi) is 5.91. The van der Waals surface area contributed by atoms with Crippen molar-refractivity contribution < 1.29 is 38.5 Å². The maximum atomic E-state index is 12.8. The monoisotopic (exact) mass is 389 g/mol.